The summed E-state index contributed by atoms with van der Waals surface area (Å²) in [4.78, 5) is 12.2. The predicted octanol–water partition coefficient (Wildman–Crippen LogP) is 1.57. The van der Waals surface area contributed by atoms with Crippen LogP contribution >= 0.6 is 0 Å². The molecule has 1 aromatic carbocycles. The molecule has 0 radical (unpaired) electrons. The molecule has 1 saturated heterocycles. The molecular weight excluding hydrogens is 278 g/mol. The smallest absolute Gasteiger partial charge is 0.266 e. The zero-order valence-electron chi connectivity index (χ0n) is 11.9. The third-order valence-corrected chi connectivity index (χ3v) is 5.49. The number of aryl methyl sites for hydroxylation is 1. The number of methoxy groups -OCH3 is 1. The first kappa shape index (κ1) is 15.0. The van der Waals surface area contributed by atoms with Gasteiger partial charge in [0.25, 0.3) is 10.0 Å². The van der Waals surface area contributed by atoms with Crippen molar-refractivity contribution in [1.29, 1.82) is 0 Å². The minimum atomic E-state index is -3.78. The molecule has 0 aromatic heterocycles. The van der Waals surface area contributed by atoms with Crippen LogP contribution in [0.5, 0.6) is 0 Å². The fourth-order valence-electron chi connectivity index (χ4n) is 2.49. The van der Waals surface area contributed by atoms with Crippen LogP contribution in [0.4, 0.5) is 0 Å². The third kappa shape index (κ3) is 2.33. The van der Waals surface area contributed by atoms with Crippen molar-refractivity contribution in [1.82, 2.24) is 4.31 Å². The van der Waals surface area contributed by atoms with Crippen LogP contribution in [-0.4, -0.2) is 38.4 Å². The summed E-state index contributed by atoms with van der Waals surface area (Å²) in [7, 11) is -2.27. The molecule has 0 aliphatic carbocycles. The third-order valence-electron chi connectivity index (χ3n) is 3.66. The number of benzene rings is 1. The van der Waals surface area contributed by atoms with E-state index in [2.05, 4.69) is 0 Å². The monoisotopic (exact) mass is 297 g/mol. The molecule has 0 saturated carbocycles. The van der Waals surface area contributed by atoms with Crippen molar-refractivity contribution in [2.75, 3.05) is 13.7 Å². The second kappa shape index (κ2) is 5.54. The maximum absolute atomic E-state index is 12.5. The number of ether oxygens (including phenoxy) is 1. The average molecular weight is 297 g/mol. The van der Waals surface area contributed by atoms with Crippen LogP contribution in [0.15, 0.2) is 29.2 Å². The van der Waals surface area contributed by atoms with E-state index in [1.807, 2.05) is 13.8 Å². The second-order valence-corrected chi connectivity index (χ2v) is 6.80. The Morgan fingerprint density at radius 1 is 1.25 bits per heavy atom. The van der Waals surface area contributed by atoms with Gasteiger partial charge in [-0.2, -0.15) is 0 Å². The summed E-state index contributed by atoms with van der Waals surface area (Å²) in [6.45, 7) is 3.99. The largest absolute Gasteiger partial charge is 0.382 e. The minimum absolute atomic E-state index is 0.145. The van der Waals surface area contributed by atoms with Crippen LogP contribution in [0, 0.1) is 12.8 Å². The van der Waals surface area contributed by atoms with E-state index in [1.165, 1.54) is 19.2 Å². The molecule has 0 N–H and O–H groups in total. The second-order valence-electron chi connectivity index (χ2n) is 4.99. The number of β-lactam (4-membered cyclic amide) rings is 1. The average Bonchev–Trinajstić information content (AvgIpc) is 2.39. The minimum Gasteiger partial charge on any atom is -0.382 e. The SMILES string of the molecule is CC[C@H]1C(=O)N(S(=O)(=O)c2ccc(C)cc2)[C@H]1COC. The Morgan fingerprint density at radius 2 is 1.85 bits per heavy atom. The van der Waals surface area contributed by atoms with E-state index in [0.29, 0.717) is 6.42 Å². The highest BCUT2D eigenvalue weighted by Crippen LogP contribution is 2.35. The molecule has 2 atom stereocenters. The van der Waals surface area contributed by atoms with Crippen molar-refractivity contribution in [3.63, 3.8) is 0 Å². The topological polar surface area (TPSA) is 63.7 Å². The van der Waals surface area contributed by atoms with Gasteiger partial charge < -0.3 is 4.74 Å². The number of hydrogen-bond donors (Lipinski definition) is 0. The fraction of sp³-hybridized carbons (Fsp3) is 0.500. The van der Waals surface area contributed by atoms with Crippen molar-refractivity contribution in [3.8, 4) is 0 Å². The van der Waals surface area contributed by atoms with Crippen LogP contribution in [0.25, 0.3) is 0 Å². The Kier molecular flexibility index (Phi) is 4.15. The van der Waals surface area contributed by atoms with Crippen molar-refractivity contribution in [2.24, 2.45) is 5.92 Å². The van der Waals surface area contributed by atoms with Gasteiger partial charge >= 0.3 is 0 Å². The number of carbonyl (C=O) groups is 1. The molecule has 0 unspecified atom stereocenters. The van der Waals surface area contributed by atoms with Crippen LogP contribution in [0.1, 0.15) is 18.9 Å². The molecule has 5 nitrogen and oxygen atoms in total. The lowest BCUT2D eigenvalue weighted by Gasteiger charge is -2.45. The zero-order chi connectivity index (χ0) is 14.9. The van der Waals surface area contributed by atoms with Crippen LogP contribution < -0.4 is 0 Å². The number of rotatable bonds is 5. The first-order valence-corrected chi connectivity index (χ1v) is 8.01. The highest BCUT2D eigenvalue weighted by atomic mass is 32.2. The van der Waals surface area contributed by atoms with Crippen molar-refractivity contribution in [3.05, 3.63) is 29.8 Å². The van der Waals surface area contributed by atoms with E-state index < -0.39 is 16.1 Å². The van der Waals surface area contributed by atoms with Gasteiger partial charge in [-0.3, -0.25) is 4.79 Å². The van der Waals surface area contributed by atoms with Crippen LogP contribution in [0.3, 0.4) is 0 Å². The van der Waals surface area contributed by atoms with Gasteiger partial charge in [0.1, 0.15) is 0 Å². The normalized spacial score (nSPS) is 22.8. The quantitative estimate of drug-likeness (QED) is 0.774. The van der Waals surface area contributed by atoms with Crippen molar-refractivity contribution in [2.45, 2.75) is 31.2 Å². The standard InChI is InChI=1S/C14H19NO4S/c1-4-12-13(9-19-3)15(14(12)16)20(17,18)11-7-5-10(2)6-8-11/h5-8,12-13H,4,9H2,1-3H3/t12-,13+/m1/s1. The summed E-state index contributed by atoms with van der Waals surface area (Å²) in [6, 6.07) is 6.10. The molecule has 1 aliphatic heterocycles. The summed E-state index contributed by atoms with van der Waals surface area (Å²) in [6.07, 6.45) is 0.618. The molecule has 1 fully saturated rings. The lowest BCUT2D eigenvalue weighted by atomic mass is 9.89. The van der Waals surface area contributed by atoms with E-state index in [-0.39, 0.29) is 23.3 Å². The Bertz CT molecular complexity index is 594. The van der Waals surface area contributed by atoms with Gasteiger partial charge in [-0.05, 0) is 25.5 Å². The van der Waals surface area contributed by atoms with Crippen LogP contribution in [0.2, 0.25) is 0 Å². The maximum Gasteiger partial charge on any atom is 0.266 e. The van der Waals surface area contributed by atoms with Gasteiger partial charge in [0.2, 0.25) is 5.91 Å². The highest BCUT2D eigenvalue weighted by molar-refractivity contribution is 7.89. The number of nitrogens with zero attached hydrogens (tertiary/aromatic N) is 1. The number of sulfonamides is 1. The molecule has 1 heterocycles. The van der Waals surface area contributed by atoms with Crippen molar-refractivity contribution < 1.29 is 17.9 Å². The molecular formula is C14H19NO4S. The number of carbonyl (C=O) groups excluding carboxylic acids is 1. The molecule has 110 valence electrons. The summed E-state index contributed by atoms with van der Waals surface area (Å²) >= 11 is 0. The Labute approximate surface area is 119 Å². The first-order valence-electron chi connectivity index (χ1n) is 6.57. The summed E-state index contributed by atoms with van der Waals surface area (Å²) < 4.78 is 31.1. The molecule has 0 spiro atoms. The van der Waals surface area contributed by atoms with Gasteiger partial charge in [-0.25, -0.2) is 12.7 Å². The van der Waals surface area contributed by atoms with Gasteiger partial charge in [-0.15, -0.1) is 0 Å². The Hall–Kier alpha value is -1.40. The Balaban J connectivity index is 2.33. The molecule has 6 heteroatoms. The number of hydrogen-bond acceptors (Lipinski definition) is 4. The molecule has 1 aromatic rings. The van der Waals surface area contributed by atoms with Gasteiger partial charge in [0.15, 0.2) is 0 Å². The maximum atomic E-state index is 12.5. The summed E-state index contributed by atoms with van der Waals surface area (Å²) in [5.41, 5.74) is 0.971. The van der Waals surface area contributed by atoms with E-state index in [0.717, 1.165) is 9.87 Å². The van der Waals surface area contributed by atoms with Crippen LogP contribution in [-0.2, 0) is 19.6 Å². The molecule has 1 aliphatic rings. The molecule has 0 bridgehead atoms. The summed E-state index contributed by atoms with van der Waals surface area (Å²) in [5, 5.41) is 0. The predicted molar refractivity (Wildman–Crippen MR) is 74.7 cm³/mol. The zero-order valence-corrected chi connectivity index (χ0v) is 12.7. The lowest BCUT2D eigenvalue weighted by molar-refractivity contribution is -0.149. The van der Waals surface area contributed by atoms with Gasteiger partial charge in [0.05, 0.1) is 23.5 Å². The Morgan fingerprint density at radius 3 is 2.35 bits per heavy atom. The van der Waals surface area contributed by atoms with Gasteiger partial charge in [-0.1, -0.05) is 24.6 Å². The van der Waals surface area contributed by atoms with E-state index in [1.54, 1.807) is 12.1 Å². The first-order chi connectivity index (χ1) is 9.43. The molecule has 2 rings (SSSR count). The van der Waals surface area contributed by atoms with Gasteiger partial charge in [0, 0.05) is 7.11 Å². The van der Waals surface area contributed by atoms with E-state index in [9.17, 15) is 13.2 Å². The van der Waals surface area contributed by atoms with Crippen molar-refractivity contribution >= 4 is 15.9 Å². The fourth-order valence-corrected chi connectivity index (χ4v) is 4.14. The summed E-state index contributed by atoms with van der Waals surface area (Å²) in [5.74, 6) is -0.606. The van der Waals surface area contributed by atoms with E-state index >= 15 is 0 Å². The number of amides is 1. The highest BCUT2D eigenvalue weighted by Gasteiger charge is 2.52. The lowest BCUT2D eigenvalue weighted by Crippen LogP contribution is -2.64. The van der Waals surface area contributed by atoms with E-state index in [4.69, 9.17) is 4.74 Å². The molecule has 1 amide bonds. The molecule has 20 heavy (non-hydrogen) atoms.